The Morgan fingerprint density at radius 2 is 1.94 bits per heavy atom. The van der Waals surface area contributed by atoms with Gasteiger partial charge in [-0.05, 0) is 23.8 Å². The summed E-state index contributed by atoms with van der Waals surface area (Å²) >= 11 is 0. The van der Waals surface area contributed by atoms with Gasteiger partial charge < -0.3 is 14.6 Å². The molecule has 0 bridgehead atoms. The van der Waals surface area contributed by atoms with Crippen LogP contribution in [-0.2, 0) is 22.5 Å². The number of carbonyl (C=O) groups excluding carboxylic acids is 2. The van der Waals surface area contributed by atoms with E-state index in [4.69, 9.17) is 4.74 Å². The zero-order valence-corrected chi connectivity index (χ0v) is 17.3. The highest BCUT2D eigenvalue weighted by atomic mass is 19.4. The molecule has 2 aromatic carbocycles. The zero-order chi connectivity index (χ0) is 22.9. The van der Waals surface area contributed by atoms with E-state index >= 15 is 0 Å². The fourth-order valence-corrected chi connectivity index (χ4v) is 4.04. The highest BCUT2D eigenvalue weighted by Gasteiger charge is 2.41. The lowest BCUT2D eigenvalue weighted by Crippen LogP contribution is -2.44. The van der Waals surface area contributed by atoms with Gasteiger partial charge in [-0.2, -0.15) is 13.2 Å². The van der Waals surface area contributed by atoms with Gasteiger partial charge in [0.2, 0.25) is 5.91 Å². The maximum atomic E-state index is 13.5. The van der Waals surface area contributed by atoms with E-state index in [1.807, 2.05) is 0 Å². The molecule has 1 unspecified atom stereocenters. The summed E-state index contributed by atoms with van der Waals surface area (Å²) in [5.74, 6) is -0.881. The molecular formula is C23H22F3N3O3. The third-order valence-corrected chi connectivity index (χ3v) is 5.67. The molecule has 1 aromatic heterocycles. The summed E-state index contributed by atoms with van der Waals surface area (Å²) in [5.41, 5.74) is 3.09. The molecule has 32 heavy (non-hydrogen) atoms. The van der Waals surface area contributed by atoms with Crippen molar-refractivity contribution in [1.29, 1.82) is 0 Å². The van der Waals surface area contributed by atoms with Gasteiger partial charge in [0, 0.05) is 41.7 Å². The molecule has 6 nitrogen and oxygen atoms in total. The predicted molar refractivity (Wildman–Crippen MR) is 112 cm³/mol. The standard InChI is InChI=1S/C23H22F3N3O3/c1-32-22(31)15-7-8-18-16(11-15)17-13-29(10-9-19(17)28-18)20(30)12-27-21(23(24,25)26)14-5-3-2-4-6-14/h2-8,11,21,27-28H,9-10,12-13H2,1H3. The summed E-state index contributed by atoms with van der Waals surface area (Å²) in [6.45, 7) is 0.207. The average molecular weight is 445 g/mol. The summed E-state index contributed by atoms with van der Waals surface area (Å²) in [5, 5.41) is 3.17. The van der Waals surface area contributed by atoms with E-state index < -0.39 is 30.6 Å². The van der Waals surface area contributed by atoms with Crippen LogP contribution in [0.1, 0.15) is 33.2 Å². The predicted octanol–water partition coefficient (Wildman–Crippen LogP) is 3.73. The molecule has 2 heterocycles. The number of H-pyrrole nitrogens is 1. The smallest absolute Gasteiger partial charge is 0.407 e. The van der Waals surface area contributed by atoms with Crippen molar-refractivity contribution < 1.29 is 27.5 Å². The van der Waals surface area contributed by atoms with E-state index in [0.717, 1.165) is 22.2 Å². The number of hydrogen-bond acceptors (Lipinski definition) is 4. The third kappa shape index (κ3) is 4.34. The number of benzene rings is 2. The molecule has 4 rings (SSSR count). The van der Waals surface area contributed by atoms with Gasteiger partial charge in [0.05, 0.1) is 19.2 Å². The van der Waals surface area contributed by atoms with E-state index in [2.05, 4.69) is 10.3 Å². The Bertz CT molecular complexity index is 1140. The molecule has 0 fully saturated rings. The Kier molecular flexibility index (Phi) is 5.92. The molecular weight excluding hydrogens is 423 g/mol. The monoisotopic (exact) mass is 445 g/mol. The molecule has 0 saturated carbocycles. The molecule has 1 amide bonds. The van der Waals surface area contributed by atoms with Crippen LogP contribution in [-0.4, -0.2) is 48.1 Å². The number of amides is 1. The lowest BCUT2D eigenvalue weighted by Gasteiger charge is -2.29. The molecule has 1 atom stereocenters. The van der Waals surface area contributed by atoms with E-state index in [0.29, 0.717) is 18.5 Å². The van der Waals surface area contributed by atoms with Gasteiger partial charge >= 0.3 is 12.1 Å². The summed E-state index contributed by atoms with van der Waals surface area (Å²) in [7, 11) is 1.30. The van der Waals surface area contributed by atoms with E-state index in [-0.39, 0.29) is 12.1 Å². The molecule has 0 aliphatic carbocycles. The number of alkyl halides is 3. The number of rotatable bonds is 5. The van der Waals surface area contributed by atoms with Crippen molar-refractivity contribution in [3.8, 4) is 0 Å². The Balaban J connectivity index is 1.50. The van der Waals surface area contributed by atoms with Crippen LogP contribution in [0.3, 0.4) is 0 Å². The second-order valence-electron chi connectivity index (χ2n) is 7.67. The number of ether oxygens (including phenoxy) is 1. The van der Waals surface area contributed by atoms with E-state index in [1.54, 1.807) is 24.3 Å². The fourth-order valence-electron chi connectivity index (χ4n) is 4.04. The minimum absolute atomic E-state index is 0.0562. The van der Waals surface area contributed by atoms with Crippen LogP contribution in [0.4, 0.5) is 13.2 Å². The topological polar surface area (TPSA) is 74.4 Å². The Morgan fingerprint density at radius 1 is 1.19 bits per heavy atom. The first-order valence-electron chi connectivity index (χ1n) is 10.1. The highest BCUT2D eigenvalue weighted by molar-refractivity contribution is 5.96. The third-order valence-electron chi connectivity index (χ3n) is 5.67. The number of aromatic nitrogens is 1. The van der Waals surface area contributed by atoms with Gasteiger partial charge in [-0.3, -0.25) is 10.1 Å². The summed E-state index contributed by atoms with van der Waals surface area (Å²) in [6.07, 6.45) is -3.98. The van der Waals surface area contributed by atoms with Crippen LogP contribution in [0.5, 0.6) is 0 Å². The number of carbonyl (C=O) groups is 2. The minimum atomic E-state index is -4.53. The first kappa shape index (κ1) is 21.9. The van der Waals surface area contributed by atoms with Crippen molar-refractivity contribution in [1.82, 2.24) is 15.2 Å². The van der Waals surface area contributed by atoms with Gasteiger partial charge in [0.25, 0.3) is 0 Å². The number of nitrogens with one attached hydrogen (secondary N) is 2. The number of aromatic amines is 1. The number of hydrogen-bond donors (Lipinski definition) is 2. The average Bonchev–Trinajstić information content (AvgIpc) is 3.15. The molecule has 0 saturated heterocycles. The van der Waals surface area contributed by atoms with Crippen molar-refractivity contribution in [3.05, 3.63) is 70.9 Å². The first-order chi connectivity index (χ1) is 15.3. The maximum Gasteiger partial charge on any atom is 0.407 e. The van der Waals surface area contributed by atoms with Crippen molar-refractivity contribution in [2.24, 2.45) is 0 Å². The van der Waals surface area contributed by atoms with Crippen LogP contribution < -0.4 is 5.32 Å². The minimum Gasteiger partial charge on any atom is -0.465 e. The quantitative estimate of drug-likeness (QED) is 0.587. The molecule has 2 N–H and O–H groups in total. The number of halogens is 3. The lowest BCUT2D eigenvalue weighted by molar-refractivity contribution is -0.159. The lowest BCUT2D eigenvalue weighted by atomic mass is 10.0. The van der Waals surface area contributed by atoms with Gasteiger partial charge in [-0.25, -0.2) is 4.79 Å². The normalized spacial score (nSPS) is 14.8. The summed E-state index contributed by atoms with van der Waals surface area (Å²) in [4.78, 5) is 29.5. The Morgan fingerprint density at radius 3 is 2.62 bits per heavy atom. The molecule has 0 spiro atoms. The number of fused-ring (bicyclic) bond motifs is 3. The van der Waals surface area contributed by atoms with Crippen LogP contribution in [0.15, 0.2) is 48.5 Å². The van der Waals surface area contributed by atoms with Crippen molar-refractivity contribution in [3.63, 3.8) is 0 Å². The van der Waals surface area contributed by atoms with E-state index in [1.165, 1.54) is 36.3 Å². The summed E-state index contributed by atoms with van der Waals surface area (Å²) in [6, 6.07) is 10.7. The van der Waals surface area contributed by atoms with Crippen LogP contribution >= 0.6 is 0 Å². The Hall–Kier alpha value is -3.33. The van der Waals surface area contributed by atoms with E-state index in [9.17, 15) is 22.8 Å². The number of nitrogens with zero attached hydrogens (tertiary/aromatic N) is 1. The second kappa shape index (κ2) is 8.66. The molecule has 1 aliphatic heterocycles. The molecule has 3 aromatic rings. The second-order valence-corrected chi connectivity index (χ2v) is 7.67. The molecule has 168 valence electrons. The van der Waals surface area contributed by atoms with Crippen LogP contribution in [0, 0.1) is 0 Å². The number of methoxy groups -OCH3 is 1. The van der Waals surface area contributed by atoms with Crippen molar-refractivity contribution >= 4 is 22.8 Å². The number of esters is 1. The maximum absolute atomic E-state index is 13.5. The van der Waals surface area contributed by atoms with Crippen molar-refractivity contribution in [2.45, 2.75) is 25.2 Å². The van der Waals surface area contributed by atoms with Crippen molar-refractivity contribution in [2.75, 3.05) is 20.2 Å². The SMILES string of the molecule is COC(=O)c1ccc2[nH]c3c(c2c1)CN(C(=O)CNC(c1ccccc1)C(F)(F)F)CC3. The fraction of sp³-hybridized carbons (Fsp3) is 0.304. The largest absolute Gasteiger partial charge is 0.465 e. The molecule has 0 radical (unpaired) electrons. The van der Waals surface area contributed by atoms with Gasteiger partial charge in [0.1, 0.15) is 6.04 Å². The Labute approximate surface area is 182 Å². The summed E-state index contributed by atoms with van der Waals surface area (Å²) < 4.78 is 45.4. The van der Waals surface area contributed by atoms with Gasteiger partial charge in [0.15, 0.2) is 0 Å². The van der Waals surface area contributed by atoms with Gasteiger partial charge in [-0.15, -0.1) is 0 Å². The first-order valence-corrected chi connectivity index (χ1v) is 10.1. The zero-order valence-electron chi connectivity index (χ0n) is 17.3. The van der Waals surface area contributed by atoms with Gasteiger partial charge in [-0.1, -0.05) is 30.3 Å². The van der Waals surface area contributed by atoms with Crippen LogP contribution in [0.2, 0.25) is 0 Å². The molecule has 1 aliphatic rings. The highest BCUT2D eigenvalue weighted by Crippen LogP contribution is 2.33. The van der Waals surface area contributed by atoms with Crippen LogP contribution in [0.25, 0.3) is 10.9 Å². The molecule has 9 heteroatoms.